The summed E-state index contributed by atoms with van der Waals surface area (Å²) < 4.78 is 29.1. The molecule has 214 valence electrons. The minimum Gasteiger partial charge on any atom is -0.308 e. The second-order valence-corrected chi connectivity index (χ2v) is 11.3. The van der Waals surface area contributed by atoms with E-state index in [4.69, 9.17) is 0 Å². The molecule has 1 N–H and O–H groups in total. The molecule has 0 spiro atoms. The zero-order chi connectivity index (χ0) is 29.2. The van der Waals surface area contributed by atoms with Crippen LogP contribution in [0.3, 0.4) is 0 Å². The summed E-state index contributed by atoms with van der Waals surface area (Å²) >= 11 is 0. The maximum atomic E-state index is 13.8. The molecule has 1 atom stereocenters. The van der Waals surface area contributed by atoms with Gasteiger partial charge in [0, 0.05) is 43.9 Å². The Bertz CT molecular complexity index is 1760. The molecule has 9 nitrogen and oxygen atoms in total. The van der Waals surface area contributed by atoms with Crippen molar-refractivity contribution in [3.05, 3.63) is 88.5 Å². The van der Waals surface area contributed by atoms with Crippen LogP contribution in [0.2, 0.25) is 0 Å². The Morgan fingerprint density at radius 1 is 0.976 bits per heavy atom. The summed E-state index contributed by atoms with van der Waals surface area (Å²) in [4.78, 5) is 41.4. The Labute approximate surface area is 240 Å². The summed E-state index contributed by atoms with van der Waals surface area (Å²) in [6.07, 6.45) is 1.16. The van der Waals surface area contributed by atoms with Gasteiger partial charge in [0.2, 0.25) is 17.6 Å². The average molecular weight is 571 g/mol. The van der Waals surface area contributed by atoms with Gasteiger partial charge in [-0.3, -0.25) is 29.5 Å². The number of rotatable bonds is 6. The minimum atomic E-state index is -3.02. The zero-order valence-corrected chi connectivity index (χ0v) is 22.9. The number of nitrogens with zero attached hydrogens (tertiary/aromatic N) is 5. The van der Waals surface area contributed by atoms with Gasteiger partial charge in [0.05, 0.1) is 12.2 Å². The molecule has 1 unspecified atom stereocenters. The van der Waals surface area contributed by atoms with Crippen LogP contribution < -0.4 is 10.2 Å². The summed E-state index contributed by atoms with van der Waals surface area (Å²) in [7, 11) is 0. The van der Waals surface area contributed by atoms with E-state index in [0.29, 0.717) is 56.1 Å². The van der Waals surface area contributed by atoms with Crippen LogP contribution in [-0.4, -0.2) is 50.0 Å². The highest BCUT2D eigenvalue weighted by molar-refractivity contribution is 6.27. The number of hydrogen-bond acceptors (Lipinski definition) is 6. The first kappa shape index (κ1) is 26.4. The van der Waals surface area contributed by atoms with Crippen molar-refractivity contribution in [1.82, 2.24) is 25.0 Å². The molecule has 0 saturated carbocycles. The number of alkyl halides is 2. The van der Waals surface area contributed by atoms with E-state index in [1.807, 2.05) is 24.3 Å². The van der Waals surface area contributed by atoms with Crippen molar-refractivity contribution in [3.63, 3.8) is 0 Å². The van der Waals surface area contributed by atoms with Gasteiger partial charge in [-0.2, -0.15) is 8.78 Å². The lowest BCUT2D eigenvalue weighted by Crippen LogP contribution is -2.53. The van der Waals surface area contributed by atoms with Crippen LogP contribution in [0.5, 0.6) is 0 Å². The molecule has 4 aromatic rings. The summed E-state index contributed by atoms with van der Waals surface area (Å²) in [5.41, 5.74) is 4.56. The Morgan fingerprint density at radius 3 is 2.52 bits per heavy atom. The first-order chi connectivity index (χ1) is 20.2. The van der Waals surface area contributed by atoms with Crippen molar-refractivity contribution >= 4 is 34.2 Å². The van der Waals surface area contributed by atoms with E-state index >= 15 is 0 Å². The van der Waals surface area contributed by atoms with E-state index in [1.54, 1.807) is 6.07 Å². The Hall–Kier alpha value is -4.51. The van der Waals surface area contributed by atoms with E-state index in [1.165, 1.54) is 9.47 Å². The molecular formula is C31H28F2N6O3. The molecule has 3 aliphatic rings. The number of carbonyl (C=O) groups excluding carboxylic acids is 3. The number of halogens is 2. The third kappa shape index (κ3) is 4.44. The van der Waals surface area contributed by atoms with Crippen molar-refractivity contribution in [3.8, 4) is 0 Å². The molecule has 42 heavy (non-hydrogen) atoms. The largest absolute Gasteiger partial charge is 0.308 e. The zero-order valence-electron chi connectivity index (χ0n) is 22.9. The predicted molar refractivity (Wildman–Crippen MR) is 150 cm³/mol. The number of amides is 3. The van der Waals surface area contributed by atoms with Crippen molar-refractivity contribution in [2.75, 3.05) is 11.4 Å². The smallest absolute Gasteiger partial charge is 0.304 e. The Morgan fingerprint density at radius 2 is 1.76 bits per heavy atom. The highest BCUT2D eigenvalue weighted by atomic mass is 19.3. The fourth-order valence-corrected chi connectivity index (χ4v) is 6.37. The van der Waals surface area contributed by atoms with Crippen molar-refractivity contribution in [1.29, 1.82) is 0 Å². The third-order valence-corrected chi connectivity index (χ3v) is 8.39. The average Bonchev–Trinajstić information content (AvgIpc) is 3.51. The Balaban J connectivity index is 1.08. The highest BCUT2D eigenvalue weighted by Crippen LogP contribution is 2.41. The SMILES string of the molecule is CC(F)(F)c1nnc2n1CCN(Cc1ccc(Cc3ccc4c5c(cccc35)C(=O)N4C3CCC(=O)NC3=O)cc1)C2. The normalized spacial score (nSPS) is 19.0. The van der Waals surface area contributed by atoms with Gasteiger partial charge >= 0.3 is 5.92 Å². The van der Waals surface area contributed by atoms with E-state index in [0.717, 1.165) is 34.4 Å². The minimum absolute atomic E-state index is 0.200. The van der Waals surface area contributed by atoms with Crippen LogP contribution in [0.25, 0.3) is 10.8 Å². The summed E-state index contributed by atoms with van der Waals surface area (Å²) in [6.45, 7) is 3.03. The molecule has 1 saturated heterocycles. The summed E-state index contributed by atoms with van der Waals surface area (Å²) in [6, 6.07) is 17.2. The van der Waals surface area contributed by atoms with Gasteiger partial charge in [0.25, 0.3) is 5.91 Å². The van der Waals surface area contributed by atoms with Crippen LogP contribution >= 0.6 is 0 Å². The van der Waals surface area contributed by atoms with Crippen LogP contribution in [-0.2, 0) is 41.6 Å². The first-order valence-corrected chi connectivity index (χ1v) is 14.0. The number of fused-ring (bicyclic) bond motifs is 1. The molecule has 0 radical (unpaired) electrons. The molecule has 7 rings (SSSR count). The molecule has 0 aliphatic carbocycles. The number of anilines is 1. The van der Waals surface area contributed by atoms with Gasteiger partial charge in [-0.1, -0.05) is 42.5 Å². The second-order valence-electron chi connectivity index (χ2n) is 11.3. The molecule has 4 heterocycles. The lowest BCUT2D eigenvalue weighted by Gasteiger charge is -2.30. The number of hydrogen-bond donors (Lipinski definition) is 1. The monoisotopic (exact) mass is 570 g/mol. The van der Waals surface area contributed by atoms with E-state index in [2.05, 4.69) is 44.7 Å². The number of benzene rings is 3. The van der Waals surface area contributed by atoms with Gasteiger partial charge in [-0.05, 0) is 47.1 Å². The number of imide groups is 1. The fraction of sp³-hybridized carbons (Fsp3) is 0.323. The molecule has 11 heteroatoms. The summed E-state index contributed by atoms with van der Waals surface area (Å²) in [5, 5.41) is 11.9. The molecule has 1 aromatic heterocycles. The lowest BCUT2D eigenvalue weighted by atomic mass is 9.95. The maximum absolute atomic E-state index is 13.8. The van der Waals surface area contributed by atoms with Gasteiger partial charge in [0.1, 0.15) is 11.9 Å². The van der Waals surface area contributed by atoms with Crippen LogP contribution in [0.4, 0.5) is 14.5 Å². The highest BCUT2D eigenvalue weighted by Gasteiger charge is 2.41. The standard InChI is InChI=1S/C31H28F2N6O3/c1-31(32,33)30-36-35-25-17-37(13-14-38(25)30)16-19-7-5-18(6-8-19)15-20-9-10-23-27-21(20)3-2-4-22(27)29(42)39(23)24-11-12-26(40)34-28(24)41/h2-10,24H,11-17H2,1H3,(H,34,40,41). The van der Waals surface area contributed by atoms with Crippen molar-refractivity contribution in [2.24, 2.45) is 0 Å². The van der Waals surface area contributed by atoms with E-state index in [-0.39, 0.29) is 24.1 Å². The van der Waals surface area contributed by atoms with E-state index < -0.39 is 17.9 Å². The third-order valence-electron chi connectivity index (χ3n) is 8.39. The van der Waals surface area contributed by atoms with Gasteiger partial charge < -0.3 is 4.57 Å². The van der Waals surface area contributed by atoms with E-state index in [9.17, 15) is 23.2 Å². The predicted octanol–water partition coefficient (Wildman–Crippen LogP) is 3.92. The second kappa shape index (κ2) is 9.80. The quantitative estimate of drug-likeness (QED) is 0.353. The molecule has 3 aliphatic heterocycles. The topological polar surface area (TPSA) is 100 Å². The van der Waals surface area contributed by atoms with Crippen LogP contribution in [0.15, 0.2) is 54.6 Å². The van der Waals surface area contributed by atoms with Gasteiger partial charge in [-0.25, -0.2) is 0 Å². The maximum Gasteiger partial charge on any atom is 0.304 e. The molecule has 1 fully saturated rings. The lowest BCUT2D eigenvalue weighted by molar-refractivity contribution is -0.134. The van der Waals surface area contributed by atoms with Gasteiger partial charge in [-0.15, -0.1) is 10.2 Å². The molecular weight excluding hydrogens is 542 g/mol. The number of aromatic nitrogens is 3. The molecule has 3 aromatic carbocycles. The fourth-order valence-electron chi connectivity index (χ4n) is 6.37. The number of piperidine rings is 1. The number of carbonyl (C=O) groups is 3. The van der Waals surface area contributed by atoms with Crippen LogP contribution in [0, 0.1) is 0 Å². The van der Waals surface area contributed by atoms with Gasteiger partial charge in [0.15, 0.2) is 0 Å². The number of nitrogens with one attached hydrogen (secondary N) is 1. The van der Waals surface area contributed by atoms with Crippen LogP contribution in [0.1, 0.15) is 58.5 Å². The molecule has 0 bridgehead atoms. The van der Waals surface area contributed by atoms with Crippen molar-refractivity contribution in [2.45, 2.75) is 57.8 Å². The first-order valence-electron chi connectivity index (χ1n) is 14.0. The van der Waals surface area contributed by atoms with Crippen molar-refractivity contribution < 1.29 is 23.2 Å². The molecule has 3 amide bonds. The summed E-state index contributed by atoms with van der Waals surface area (Å²) in [5.74, 6) is -3.72. The Kier molecular flexibility index (Phi) is 6.16.